The monoisotopic (exact) mass is 432 g/mol. The molecule has 4 rings (SSSR count). The van der Waals surface area contributed by atoms with Crippen LogP contribution in [0.5, 0.6) is 5.75 Å². The summed E-state index contributed by atoms with van der Waals surface area (Å²) in [5, 5.41) is 11.7. The lowest BCUT2D eigenvalue weighted by Crippen LogP contribution is -2.46. The average Bonchev–Trinajstić information content (AvgIpc) is 2.75. The first-order chi connectivity index (χ1) is 14.9. The van der Waals surface area contributed by atoms with Crippen LogP contribution in [0, 0.1) is 11.8 Å². The van der Waals surface area contributed by atoms with E-state index < -0.39 is 23.8 Å². The van der Waals surface area contributed by atoms with Gasteiger partial charge < -0.3 is 20.1 Å². The van der Waals surface area contributed by atoms with E-state index in [1.54, 1.807) is 11.0 Å². The number of hydrogen-bond donors (Lipinski definition) is 2. The number of fused-ring (bicyclic) bond motifs is 1. The number of benzene rings is 1. The van der Waals surface area contributed by atoms with Crippen LogP contribution in [0.15, 0.2) is 24.3 Å². The van der Waals surface area contributed by atoms with Gasteiger partial charge in [-0.15, -0.1) is 0 Å². The lowest BCUT2D eigenvalue weighted by Gasteiger charge is -2.36. The van der Waals surface area contributed by atoms with Crippen molar-refractivity contribution in [1.29, 1.82) is 0 Å². The summed E-state index contributed by atoms with van der Waals surface area (Å²) in [6, 6.07) is 5.58. The third-order valence-electron chi connectivity index (χ3n) is 5.49. The Morgan fingerprint density at radius 2 is 2.00 bits per heavy atom. The second-order valence-corrected chi connectivity index (χ2v) is 7.52. The molecule has 0 bridgehead atoms. The predicted octanol–water partition coefficient (Wildman–Crippen LogP) is 2.49. The predicted molar refractivity (Wildman–Crippen MR) is 108 cm³/mol. The zero-order chi connectivity index (χ0) is 22.1. The second kappa shape index (κ2) is 8.46. The SMILES string of the molecule is CCC1Oc2cc(F)c(CN3CCN(c4ccc(C(=O)O)nc4F)CC3)cc2NC1=O. The number of ether oxygens (including phenoxy) is 1. The molecule has 0 radical (unpaired) electrons. The van der Waals surface area contributed by atoms with Gasteiger partial charge in [-0.3, -0.25) is 9.69 Å². The maximum Gasteiger partial charge on any atom is 0.354 e. The molecule has 164 valence electrons. The van der Waals surface area contributed by atoms with Crippen LogP contribution in [-0.2, 0) is 11.3 Å². The number of carbonyl (C=O) groups excluding carboxylic acids is 1. The van der Waals surface area contributed by atoms with Crippen molar-refractivity contribution in [1.82, 2.24) is 9.88 Å². The highest BCUT2D eigenvalue weighted by Gasteiger charge is 2.28. The Bertz CT molecular complexity index is 1020. The highest BCUT2D eigenvalue weighted by atomic mass is 19.1. The number of hydrogen-bond acceptors (Lipinski definition) is 6. The van der Waals surface area contributed by atoms with Gasteiger partial charge >= 0.3 is 5.97 Å². The summed E-state index contributed by atoms with van der Waals surface area (Å²) in [5.74, 6) is -2.44. The average molecular weight is 432 g/mol. The number of carbonyl (C=O) groups is 2. The van der Waals surface area contributed by atoms with E-state index in [1.165, 1.54) is 18.2 Å². The van der Waals surface area contributed by atoms with E-state index >= 15 is 0 Å². The van der Waals surface area contributed by atoms with Crippen LogP contribution in [-0.4, -0.2) is 59.1 Å². The minimum Gasteiger partial charge on any atom is -0.478 e. The van der Waals surface area contributed by atoms with E-state index in [9.17, 15) is 18.4 Å². The van der Waals surface area contributed by atoms with Gasteiger partial charge in [0.05, 0.1) is 11.4 Å². The first-order valence-electron chi connectivity index (χ1n) is 10.0. The fourth-order valence-electron chi connectivity index (χ4n) is 3.77. The van der Waals surface area contributed by atoms with Gasteiger partial charge in [0.2, 0.25) is 5.95 Å². The zero-order valence-corrected chi connectivity index (χ0v) is 16.9. The number of amides is 1. The Morgan fingerprint density at radius 3 is 2.65 bits per heavy atom. The van der Waals surface area contributed by atoms with Crippen LogP contribution in [0.25, 0.3) is 0 Å². The lowest BCUT2D eigenvalue weighted by molar-refractivity contribution is -0.123. The summed E-state index contributed by atoms with van der Waals surface area (Å²) in [5.41, 5.74) is 0.792. The molecule has 1 unspecified atom stereocenters. The number of pyridine rings is 1. The van der Waals surface area contributed by atoms with Crippen LogP contribution >= 0.6 is 0 Å². The van der Waals surface area contributed by atoms with Crippen molar-refractivity contribution in [2.75, 3.05) is 36.4 Å². The molecule has 1 aromatic heterocycles. The molecule has 1 amide bonds. The normalized spacial score (nSPS) is 18.9. The highest BCUT2D eigenvalue weighted by Crippen LogP contribution is 2.33. The van der Waals surface area contributed by atoms with Gasteiger partial charge in [-0.05, 0) is 24.6 Å². The number of aromatic nitrogens is 1. The maximum atomic E-state index is 14.6. The number of piperazine rings is 1. The van der Waals surface area contributed by atoms with E-state index in [2.05, 4.69) is 10.3 Å². The van der Waals surface area contributed by atoms with Crippen molar-refractivity contribution < 1.29 is 28.2 Å². The van der Waals surface area contributed by atoms with Crippen molar-refractivity contribution in [2.24, 2.45) is 0 Å². The summed E-state index contributed by atoms with van der Waals surface area (Å²) in [4.78, 5) is 30.2. The smallest absolute Gasteiger partial charge is 0.354 e. The van der Waals surface area contributed by atoms with Gasteiger partial charge in [0, 0.05) is 44.4 Å². The molecule has 2 N–H and O–H groups in total. The minimum atomic E-state index is -1.28. The Balaban J connectivity index is 1.41. The van der Waals surface area contributed by atoms with Crippen molar-refractivity contribution >= 4 is 23.3 Å². The van der Waals surface area contributed by atoms with Crippen LogP contribution in [0.4, 0.5) is 20.2 Å². The van der Waals surface area contributed by atoms with Crippen molar-refractivity contribution in [3.05, 3.63) is 47.3 Å². The van der Waals surface area contributed by atoms with Crippen LogP contribution in [0.3, 0.4) is 0 Å². The van der Waals surface area contributed by atoms with E-state index in [0.717, 1.165) is 0 Å². The second-order valence-electron chi connectivity index (χ2n) is 7.52. The number of nitrogens with one attached hydrogen (secondary N) is 1. The van der Waals surface area contributed by atoms with Gasteiger partial charge in [-0.25, -0.2) is 14.2 Å². The Morgan fingerprint density at radius 1 is 1.26 bits per heavy atom. The van der Waals surface area contributed by atoms with Crippen molar-refractivity contribution in [2.45, 2.75) is 26.0 Å². The third kappa shape index (κ3) is 4.29. The summed E-state index contributed by atoms with van der Waals surface area (Å²) < 4.78 is 34.4. The fraction of sp³-hybridized carbons (Fsp3) is 0.381. The van der Waals surface area contributed by atoms with E-state index in [0.29, 0.717) is 56.1 Å². The number of rotatable bonds is 5. The van der Waals surface area contributed by atoms with Gasteiger partial charge in [0.15, 0.2) is 11.8 Å². The van der Waals surface area contributed by atoms with Crippen LogP contribution in [0.1, 0.15) is 29.4 Å². The molecular formula is C21H22F2N4O4. The Kier molecular flexibility index (Phi) is 5.73. The molecule has 1 fully saturated rings. The molecule has 2 aromatic rings. The van der Waals surface area contributed by atoms with Crippen LogP contribution in [0.2, 0.25) is 0 Å². The standard InChI is InChI=1S/C21H22F2N4O4/c1-2-17-20(28)25-15-9-12(13(22)10-18(15)31-17)11-26-5-7-27(8-6-26)16-4-3-14(21(29)30)24-19(16)23/h3-4,9-10,17H,2,5-8,11H2,1H3,(H,25,28)(H,29,30). The Labute approximate surface area is 177 Å². The molecule has 2 aliphatic heterocycles. The van der Waals surface area contributed by atoms with E-state index in [1.807, 2.05) is 11.8 Å². The molecular weight excluding hydrogens is 410 g/mol. The van der Waals surface area contributed by atoms with Gasteiger partial charge in [-0.1, -0.05) is 6.92 Å². The van der Waals surface area contributed by atoms with Crippen molar-refractivity contribution in [3.8, 4) is 5.75 Å². The van der Waals surface area contributed by atoms with E-state index in [-0.39, 0.29) is 17.3 Å². The summed E-state index contributed by atoms with van der Waals surface area (Å²) >= 11 is 0. The molecule has 0 saturated carbocycles. The molecule has 0 spiro atoms. The van der Waals surface area contributed by atoms with Crippen LogP contribution < -0.4 is 15.0 Å². The molecule has 0 aliphatic carbocycles. The molecule has 8 nitrogen and oxygen atoms in total. The zero-order valence-electron chi connectivity index (χ0n) is 16.9. The van der Waals surface area contributed by atoms with Crippen molar-refractivity contribution in [3.63, 3.8) is 0 Å². The van der Waals surface area contributed by atoms with Gasteiger partial charge in [0.25, 0.3) is 5.91 Å². The number of anilines is 2. The molecule has 1 aromatic carbocycles. The number of carboxylic acid groups (broad SMARTS) is 1. The third-order valence-corrected chi connectivity index (χ3v) is 5.49. The number of nitrogens with zero attached hydrogens (tertiary/aromatic N) is 3. The molecule has 1 atom stereocenters. The largest absolute Gasteiger partial charge is 0.478 e. The number of carboxylic acids is 1. The highest BCUT2D eigenvalue weighted by molar-refractivity contribution is 5.97. The van der Waals surface area contributed by atoms with Gasteiger partial charge in [0.1, 0.15) is 11.6 Å². The number of halogens is 2. The quantitative estimate of drug-likeness (QED) is 0.701. The minimum absolute atomic E-state index is 0.245. The fourth-order valence-corrected chi connectivity index (χ4v) is 3.77. The van der Waals surface area contributed by atoms with Gasteiger partial charge in [-0.2, -0.15) is 4.39 Å². The molecule has 2 aliphatic rings. The summed E-state index contributed by atoms with van der Waals surface area (Å²) in [7, 11) is 0. The number of aromatic carboxylic acids is 1. The summed E-state index contributed by atoms with van der Waals surface area (Å²) in [6.07, 6.45) is -0.126. The Hall–Kier alpha value is -3.27. The molecule has 10 heteroatoms. The molecule has 31 heavy (non-hydrogen) atoms. The molecule has 3 heterocycles. The lowest BCUT2D eigenvalue weighted by atomic mass is 10.1. The topological polar surface area (TPSA) is 95.0 Å². The first kappa shape index (κ1) is 21.0. The first-order valence-corrected chi connectivity index (χ1v) is 10.0. The summed E-state index contributed by atoms with van der Waals surface area (Å²) in [6.45, 7) is 4.22. The maximum absolute atomic E-state index is 14.6. The van der Waals surface area contributed by atoms with E-state index in [4.69, 9.17) is 9.84 Å². The molecule has 1 saturated heterocycles.